The molecule has 114 valence electrons. The maximum atomic E-state index is 5.96. The number of hydrogen-bond acceptors (Lipinski definition) is 5. The minimum atomic E-state index is 0.355. The molecule has 1 heterocycles. The summed E-state index contributed by atoms with van der Waals surface area (Å²) in [5.41, 5.74) is 7.63. The van der Waals surface area contributed by atoms with Crippen LogP contribution in [0.25, 0.3) is 0 Å². The Morgan fingerprint density at radius 1 is 1.33 bits per heavy atom. The minimum Gasteiger partial charge on any atom is -0.483 e. The van der Waals surface area contributed by atoms with E-state index in [0.717, 1.165) is 18.1 Å². The number of aromatic nitrogens is 3. The van der Waals surface area contributed by atoms with E-state index in [-0.39, 0.29) is 0 Å². The average molecular weight is 289 g/mol. The maximum Gasteiger partial charge on any atom is 0.164 e. The van der Waals surface area contributed by atoms with Gasteiger partial charge in [0.05, 0.1) is 5.69 Å². The molecule has 0 amide bonds. The van der Waals surface area contributed by atoms with E-state index in [1.54, 1.807) is 6.33 Å². The molecule has 0 unspecified atom stereocenters. The quantitative estimate of drug-likeness (QED) is 0.825. The molecule has 0 aliphatic rings. The fourth-order valence-electron chi connectivity index (χ4n) is 1.97. The van der Waals surface area contributed by atoms with E-state index in [0.29, 0.717) is 24.0 Å². The van der Waals surface area contributed by atoms with Crippen LogP contribution < -0.4 is 15.4 Å². The van der Waals surface area contributed by atoms with Crippen molar-refractivity contribution in [3.63, 3.8) is 0 Å². The van der Waals surface area contributed by atoms with Crippen molar-refractivity contribution in [2.75, 3.05) is 24.7 Å². The van der Waals surface area contributed by atoms with Crippen molar-refractivity contribution in [1.82, 2.24) is 14.8 Å². The Kier molecular flexibility index (Phi) is 4.67. The van der Waals surface area contributed by atoms with Gasteiger partial charge in [-0.1, -0.05) is 13.8 Å². The summed E-state index contributed by atoms with van der Waals surface area (Å²) in [7, 11) is 3.96. The molecule has 2 rings (SSSR count). The average Bonchev–Trinajstić information content (AvgIpc) is 2.84. The van der Waals surface area contributed by atoms with E-state index in [1.807, 2.05) is 41.9 Å². The Morgan fingerprint density at radius 2 is 2.10 bits per heavy atom. The first-order valence-corrected chi connectivity index (χ1v) is 7.03. The van der Waals surface area contributed by atoms with E-state index in [1.165, 1.54) is 0 Å². The van der Waals surface area contributed by atoms with Gasteiger partial charge in [0.2, 0.25) is 0 Å². The van der Waals surface area contributed by atoms with Crippen molar-refractivity contribution in [2.45, 2.75) is 27.0 Å². The zero-order valence-corrected chi connectivity index (χ0v) is 13.1. The smallest absolute Gasteiger partial charge is 0.164 e. The summed E-state index contributed by atoms with van der Waals surface area (Å²) >= 11 is 0. The zero-order valence-electron chi connectivity index (χ0n) is 13.1. The number of nitrogens with two attached hydrogens (primary N) is 1. The second-order valence-electron chi connectivity index (χ2n) is 5.66. The van der Waals surface area contributed by atoms with Gasteiger partial charge >= 0.3 is 0 Å². The SMILES string of the molecule is CC(C)Cn1ncnc1COc1cc(N(C)C)ccc1N. The number of benzene rings is 1. The van der Waals surface area contributed by atoms with E-state index in [9.17, 15) is 0 Å². The summed E-state index contributed by atoms with van der Waals surface area (Å²) in [6, 6.07) is 5.74. The van der Waals surface area contributed by atoms with Crippen molar-refractivity contribution < 1.29 is 4.74 Å². The molecule has 0 radical (unpaired) electrons. The lowest BCUT2D eigenvalue weighted by atomic mass is 10.2. The topological polar surface area (TPSA) is 69.2 Å². The molecular weight excluding hydrogens is 266 g/mol. The second-order valence-corrected chi connectivity index (χ2v) is 5.66. The van der Waals surface area contributed by atoms with Crippen LogP contribution in [0.15, 0.2) is 24.5 Å². The number of nitrogens with zero attached hydrogens (tertiary/aromatic N) is 4. The molecule has 0 spiro atoms. The fraction of sp³-hybridized carbons (Fsp3) is 0.467. The summed E-state index contributed by atoms with van der Waals surface area (Å²) in [5, 5.41) is 4.22. The molecule has 0 aliphatic carbocycles. The van der Waals surface area contributed by atoms with Crippen molar-refractivity contribution >= 4 is 11.4 Å². The van der Waals surface area contributed by atoms with Crippen LogP contribution >= 0.6 is 0 Å². The van der Waals surface area contributed by atoms with Crippen LogP contribution in [0.3, 0.4) is 0 Å². The summed E-state index contributed by atoms with van der Waals surface area (Å²) in [4.78, 5) is 6.25. The third-order valence-corrected chi connectivity index (χ3v) is 3.10. The van der Waals surface area contributed by atoms with Crippen molar-refractivity contribution in [2.24, 2.45) is 5.92 Å². The van der Waals surface area contributed by atoms with Gasteiger partial charge in [-0.3, -0.25) is 0 Å². The molecule has 0 bridgehead atoms. The molecule has 2 N–H and O–H groups in total. The number of hydrogen-bond donors (Lipinski definition) is 1. The highest BCUT2D eigenvalue weighted by atomic mass is 16.5. The third kappa shape index (κ3) is 3.87. The molecule has 0 aliphatic heterocycles. The first-order chi connectivity index (χ1) is 9.97. The van der Waals surface area contributed by atoms with Crippen molar-refractivity contribution in [3.05, 3.63) is 30.4 Å². The fourth-order valence-corrected chi connectivity index (χ4v) is 1.97. The largest absolute Gasteiger partial charge is 0.483 e. The van der Waals surface area contributed by atoms with Crippen LogP contribution in [0, 0.1) is 5.92 Å². The van der Waals surface area contributed by atoms with Gasteiger partial charge < -0.3 is 15.4 Å². The van der Waals surface area contributed by atoms with E-state index >= 15 is 0 Å². The standard InChI is InChI=1S/C15H23N5O/c1-11(2)8-20-15(17-10-18-20)9-21-14-7-12(19(3)4)5-6-13(14)16/h5-7,10-11H,8-9,16H2,1-4H3. The Hall–Kier alpha value is -2.24. The molecular formula is C15H23N5O. The number of nitrogen functional groups attached to an aromatic ring is 1. The number of anilines is 2. The molecule has 6 heteroatoms. The Labute approximate surface area is 125 Å². The highest BCUT2D eigenvalue weighted by Gasteiger charge is 2.09. The number of ether oxygens (including phenoxy) is 1. The molecule has 6 nitrogen and oxygen atoms in total. The predicted molar refractivity (Wildman–Crippen MR) is 84.4 cm³/mol. The van der Waals surface area contributed by atoms with Gasteiger partial charge in [-0.25, -0.2) is 9.67 Å². The Balaban J connectivity index is 2.09. The monoisotopic (exact) mass is 289 g/mol. The van der Waals surface area contributed by atoms with E-state index < -0.39 is 0 Å². The van der Waals surface area contributed by atoms with Crippen LogP contribution in [0.1, 0.15) is 19.7 Å². The van der Waals surface area contributed by atoms with Crippen LogP contribution in [0.5, 0.6) is 5.75 Å². The third-order valence-electron chi connectivity index (χ3n) is 3.10. The van der Waals surface area contributed by atoms with Crippen LogP contribution in [-0.4, -0.2) is 28.9 Å². The normalized spacial score (nSPS) is 10.9. The molecule has 1 aromatic heterocycles. The first-order valence-electron chi connectivity index (χ1n) is 7.03. The minimum absolute atomic E-state index is 0.355. The lowest BCUT2D eigenvalue weighted by Crippen LogP contribution is -2.13. The van der Waals surface area contributed by atoms with Gasteiger partial charge in [0.15, 0.2) is 5.82 Å². The van der Waals surface area contributed by atoms with E-state index in [2.05, 4.69) is 23.9 Å². The lowest BCUT2D eigenvalue weighted by molar-refractivity contribution is 0.284. The summed E-state index contributed by atoms with van der Waals surface area (Å²) in [6.07, 6.45) is 1.56. The summed E-state index contributed by atoms with van der Waals surface area (Å²) < 4.78 is 7.69. The zero-order chi connectivity index (χ0) is 15.4. The van der Waals surface area contributed by atoms with Gasteiger partial charge in [0, 0.05) is 32.4 Å². The molecule has 0 atom stereocenters. The van der Waals surface area contributed by atoms with Gasteiger partial charge in [-0.15, -0.1) is 0 Å². The maximum absolute atomic E-state index is 5.96. The predicted octanol–water partition coefficient (Wildman–Crippen LogP) is 2.16. The lowest BCUT2D eigenvalue weighted by Gasteiger charge is -2.16. The van der Waals surface area contributed by atoms with Crippen molar-refractivity contribution in [1.29, 1.82) is 0 Å². The van der Waals surface area contributed by atoms with Crippen LogP contribution in [-0.2, 0) is 13.2 Å². The van der Waals surface area contributed by atoms with Crippen LogP contribution in [0.2, 0.25) is 0 Å². The molecule has 0 fully saturated rings. The summed E-state index contributed by atoms with van der Waals surface area (Å²) in [5.74, 6) is 1.98. The molecule has 2 aromatic rings. The summed E-state index contributed by atoms with van der Waals surface area (Å²) in [6.45, 7) is 5.47. The molecule has 0 saturated heterocycles. The molecule has 0 saturated carbocycles. The van der Waals surface area contributed by atoms with Gasteiger partial charge in [-0.2, -0.15) is 5.10 Å². The molecule has 21 heavy (non-hydrogen) atoms. The first kappa shape index (κ1) is 15.2. The number of rotatable bonds is 6. The van der Waals surface area contributed by atoms with Gasteiger partial charge in [0.25, 0.3) is 0 Å². The second kappa shape index (κ2) is 6.47. The highest BCUT2D eigenvalue weighted by Crippen LogP contribution is 2.27. The Morgan fingerprint density at radius 3 is 2.76 bits per heavy atom. The van der Waals surface area contributed by atoms with Crippen LogP contribution in [0.4, 0.5) is 11.4 Å². The van der Waals surface area contributed by atoms with E-state index in [4.69, 9.17) is 10.5 Å². The van der Waals surface area contributed by atoms with Gasteiger partial charge in [0.1, 0.15) is 18.7 Å². The van der Waals surface area contributed by atoms with Crippen molar-refractivity contribution in [3.8, 4) is 5.75 Å². The molecule has 1 aromatic carbocycles. The highest BCUT2D eigenvalue weighted by molar-refractivity contribution is 5.61. The Bertz CT molecular complexity index is 591. The van der Waals surface area contributed by atoms with Gasteiger partial charge in [-0.05, 0) is 18.1 Å².